The van der Waals surface area contributed by atoms with Gasteiger partial charge in [-0.2, -0.15) is 33.7 Å². The Bertz CT molecular complexity index is 2710. The number of nitrogens with zero attached hydrogens (tertiary/aromatic N) is 2. The highest BCUT2D eigenvalue weighted by molar-refractivity contribution is 7.87. The molecule has 3 aliphatic rings. The molecule has 1 unspecified atom stereocenters. The average molecular weight is 755 g/mol. The number of rotatable bonds is 7. The second-order valence-electron chi connectivity index (χ2n) is 12.4. The van der Waals surface area contributed by atoms with Crippen molar-refractivity contribution in [3.05, 3.63) is 71.1 Å². The molecular weight excluding hydrogens is 727 g/mol. The molecule has 0 aromatic heterocycles. The van der Waals surface area contributed by atoms with Crippen LogP contribution >= 0.6 is 0 Å². The Balaban J connectivity index is 1.60. The minimum absolute atomic E-state index is 0.0562. The summed E-state index contributed by atoms with van der Waals surface area (Å²) in [5, 5.41) is 6.97. The summed E-state index contributed by atoms with van der Waals surface area (Å²) in [6.07, 6.45) is 0.109. The first-order valence-electron chi connectivity index (χ1n) is 14.1. The van der Waals surface area contributed by atoms with E-state index in [-0.39, 0.29) is 51.8 Å². The van der Waals surface area contributed by atoms with Gasteiger partial charge in [0.2, 0.25) is 5.36 Å². The smallest absolute Gasteiger partial charge is 0.294 e. The van der Waals surface area contributed by atoms with Crippen molar-refractivity contribution in [2.45, 2.75) is 53.0 Å². The monoisotopic (exact) mass is 754 g/mol. The molecule has 0 saturated carbocycles. The van der Waals surface area contributed by atoms with E-state index < -0.39 is 72.4 Å². The predicted octanol–water partition coefficient (Wildman–Crippen LogP) is 1.65. The molecule has 2 aliphatic heterocycles. The van der Waals surface area contributed by atoms with Crippen molar-refractivity contribution in [3.63, 3.8) is 0 Å². The number of hydrogen-bond acceptors (Lipinski definition) is 11. The zero-order valence-electron chi connectivity index (χ0n) is 25.5. The first-order chi connectivity index (χ1) is 22.4. The largest absolute Gasteiger partial charge is 0.452 e. The lowest BCUT2D eigenvalue weighted by atomic mass is 9.79. The number of benzene rings is 4. The van der Waals surface area contributed by atoms with Crippen LogP contribution in [0.1, 0.15) is 37.3 Å². The van der Waals surface area contributed by atoms with E-state index in [0.29, 0.717) is 22.7 Å². The predicted molar refractivity (Wildman–Crippen MR) is 173 cm³/mol. The third kappa shape index (κ3) is 6.65. The van der Waals surface area contributed by atoms with Crippen LogP contribution in [-0.4, -0.2) is 68.2 Å². The Labute approximate surface area is 279 Å². The summed E-state index contributed by atoms with van der Waals surface area (Å²) >= 11 is 0. The van der Waals surface area contributed by atoms with E-state index in [4.69, 9.17) is 14.8 Å². The van der Waals surface area contributed by atoms with Crippen molar-refractivity contribution in [1.29, 1.82) is 0 Å². The van der Waals surface area contributed by atoms with Gasteiger partial charge in [-0.25, -0.2) is 4.98 Å². The number of anilines is 1. The zero-order valence-corrected chi connectivity index (χ0v) is 28.7. The molecule has 0 spiro atoms. The molecule has 1 aliphatic carbocycles. The van der Waals surface area contributed by atoms with Crippen molar-refractivity contribution < 1.29 is 61.7 Å². The minimum atomic E-state index is -5.01. The van der Waals surface area contributed by atoms with Crippen LogP contribution in [0.4, 0.5) is 5.69 Å². The van der Waals surface area contributed by atoms with E-state index in [9.17, 15) is 51.9 Å². The summed E-state index contributed by atoms with van der Waals surface area (Å²) in [6.45, 7) is 3.21. The van der Waals surface area contributed by atoms with Crippen molar-refractivity contribution in [2.24, 2.45) is 0 Å². The molecule has 2 heterocycles. The van der Waals surface area contributed by atoms with Crippen LogP contribution in [0.25, 0.3) is 33.3 Å². The molecule has 16 nitrogen and oxygen atoms in total. The van der Waals surface area contributed by atoms with Gasteiger partial charge in [0, 0.05) is 35.1 Å². The molecule has 49 heavy (non-hydrogen) atoms. The first kappa shape index (κ1) is 34.8. The third-order valence-corrected chi connectivity index (χ3v) is 12.0. The van der Waals surface area contributed by atoms with Gasteiger partial charge in [-0.15, -0.1) is 0 Å². The Morgan fingerprint density at radius 1 is 0.837 bits per heavy atom. The molecule has 0 bridgehead atoms. The lowest BCUT2D eigenvalue weighted by Gasteiger charge is -2.48. The molecule has 1 atom stereocenters. The molecule has 0 fully saturated rings. The highest BCUT2D eigenvalue weighted by Crippen LogP contribution is 2.47. The molecule has 0 amide bonds. The van der Waals surface area contributed by atoms with Gasteiger partial charge in [0.1, 0.15) is 16.1 Å². The van der Waals surface area contributed by atoms with Crippen LogP contribution in [0.2, 0.25) is 0 Å². The SMILES string of the molecule is CC1(C)CC(CS(=O)(=O)O)c2cc3nc4c5ccc(S(=O)(=O)O)cc5c(=[NH2+])cc-4oc3cc2N1Cc1ccc(S(=O)(=O)O)cc1S(=O)(=O)O. The Kier molecular flexibility index (Phi) is 8.00. The summed E-state index contributed by atoms with van der Waals surface area (Å²) in [5.74, 6) is -1.30. The molecule has 3 aromatic carbocycles. The van der Waals surface area contributed by atoms with E-state index in [2.05, 4.69) is 0 Å². The van der Waals surface area contributed by atoms with Crippen LogP contribution in [0.15, 0.2) is 73.7 Å². The topological polar surface area (TPSA) is 272 Å². The summed E-state index contributed by atoms with van der Waals surface area (Å²) in [4.78, 5) is 4.48. The number of fused-ring (bicyclic) bond motifs is 5. The zero-order chi connectivity index (χ0) is 36.1. The van der Waals surface area contributed by atoms with Crippen LogP contribution in [0.5, 0.6) is 0 Å². The van der Waals surface area contributed by atoms with Crippen LogP contribution < -0.4 is 15.7 Å². The number of hydrogen-bond donors (Lipinski definition) is 5. The number of nitrogens with two attached hydrogens (primary N) is 1. The van der Waals surface area contributed by atoms with Crippen molar-refractivity contribution in [2.75, 3.05) is 10.7 Å². The summed E-state index contributed by atoms with van der Waals surface area (Å²) in [7, 11) is -18.9. The summed E-state index contributed by atoms with van der Waals surface area (Å²) in [5.41, 5.74) is 0.367. The molecule has 0 radical (unpaired) electrons. The lowest BCUT2D eigenvalue weighted by Crippen LogP contribution is -2.49. The van der Waals surface area contributed by atoms with Gasteiger partial charge >= 0.3 is 0 Å². The van der Waals surface area contributed by atoms with E-state index in [1.165, 1.54) is 30.3 Å². The first-order valence-corrected chi connectivity index (χ1v) is 20.1. The molecule has 3 aromatic rings. The van der Waals surface area contributed by atoms with Gasteiger partial charge in [0.25, 0.3) is 40.5 Å². The average Bonchev–Trinajstić information content (AvgIpc) is 2.95. The third-order valence-electron chi connectivity index (χ3n) is 8.50. The van der Waals surface area contributed by atoms with Crippen molar-refractivity contribution in [3.8, 4) is 11.5 Å². The normalized spacial score (nSPS) is 17.1. The molecule has 20 heteroatoms. The Morgan fingerprint density at radius 3 is 2.08 bits per heavy atom. The fourth-order valence-electron chi connectivity index (χ4n) is 6.37. The molecule has 6 N–H and O–H groups in total. The Morgan fingerprint density at radius 2 is 1.47 bits per heavy atom. The highest BCUT2D eigenvalue weighted by Gasteiger charge is 2.41. The fourth-order valence-corrected chi connectivity index (χ4v) is 9.01. The van der Waals surface area contributed by atoms with E-state index in [1.54, 1.807) is 24.8 Å². The van der Waals surface area contributed by atoms with Gasteiger partial charge in [-0.1, -0.05) is 12.1 Å². The van der Waals surface area contributed by atoms with Gasteiger partial charge in [0.15, 0.2) is 11.3 Å². The maximum absolute atomic E-state index is 12.4. The second kappa shape index (κ2) is 11.3. The van der Waals surface area contributed by atoms with Crippen molar-refractivity contribution >= 4 is 68.0 Å². The van der Waals surface area contributed by atoms with Gasteiger partial charge in [0.05, 0.1) is 27.0 Å². The number of aromatic nitrogens is 1. The fraction of sp³-hybridized carbons (Fsp3) is 0.241. The quantitative estimate of drug-likeness (QED) is 0.0898. The second-order valence-corrected chi connectivity index (χ2v) is 18.1. The van der Waals surface area contributed by atoms with E-state index >= 15 is 0 Å². The van der Waals surface area contributed by atoms with E-state index in [1.807, 2.05) is 0 Å². The lowest BCUT2D eigenvalue weighted by molar-refractivity contribution is -0.170. The van der Waals surface area contributed by atoms with Crippen LogP contribution in [0.3, 0.4) is 0 Å². The molecule has 6 rings (SSSR count). The van der Waals surface area contributed by atoms with Gasteiger partial charge in [-0.3, -0.25) is 23.6 Å². The highest BCUT2D eigenvalue weighted by atomic mass is 32.2. The van der Waals surface area contributed by atoms with Crippen molar-refractivity contribution in [1.82, 2.24) is 4.98 Å². The minimum Gasteiger partial charge on any atom is -0.452 e. The van der Waals surface area contributed by atoms with Crippen LogP contribution in [-0.2, 0) is 47.0 Å². The standard InChI is InChI=1S/C29H27N3O13S4/c1-29(2)12-16(14-46(33,34)35)20-9-23-25(45-26-10-22(30)21-7-17(47(36,37)38)5-6-19(21)28(26)31-23)11-24(20)32(29)13-15-3-4-18(48(39,40)41)8-27(15)49(42,43)44/h3-11,16,30H,12-14H2,1-2H3,(H,33,34,35)(H,36,37,38)(H,39,40,41)(H,42,43,44)/p+1. The molecular formula is C29H28N3O13S4+. The summed E-state index contributed by atoms with van der Waals surface area (Å²) < 4.78 is 141. The van der Waals surface area contributed by atoms with Crippen LogP contribution in [0, 0.1) is 0 Å². The molecule has 260 valence electrons. The maximum Gasteiger partial charge on any atom is 0.294 e. The van der Waals surface area contributed by atoms with Gasteiger partial charge < -0.3 is 9.32 Å². The summed E-state index contributed by atoms with van der Waals surface area (Å²) in [6, 6.07) is 11.0. The maximum atomic E-state index is 12.4. The Hall–Kier alpha value is -4.02. The van der Waals surface area contributed by atoms with Gasteiger partial charge in [-0.05, 0) is 61.7 Å². The van der Waals surface area contributed by atoms with E-state index in [0.717, 1.165) is 12.1 Å². The molecule has 0 saturated heterocycles.